The van der Waals surface area contributed by atoms with Crippen LogP contribution in [0.4, 0.5) is 17.1 Å². The summed E-state index contributed by atoms with van der Waals surface area (Å²) in [5.41, 5.74) is 29.1. The normalized spacial score (nSPS) is 13.4. The summed E-state index contributed by atoms with van der Waals surface area (Å²) in [5.74, 6) is 0. The van der Waals surface area contributed by atoms with Crippen LogP contribution in [0.1, 0.15) is 38.9 Å². The van der Waals surface area contributed by atoms with Crippen LogP contribution < -0.4 is 10.6 Å². The van der Waals surface area contributed by atoms with Crippen LogP contribution in [0.3, 0.4) is 0 Å². The summed E-state index contributed by atoms with van der Waals surface area (Å²) < 4.78 is 0. The molecular weight excluding hydrogens is 823 g/mol. The van der Waals surface area contributed by atoms with Crippen LogP contribution in [0, 0.1) is 0 Å². The number of para-hydroxylation sites is 3. The van der Waals surface area contributed by atoms with Crippen LogP contribution in [0.2, 0.25) is 0 Å². The first-order valence-corrected chi connectivity index (χ1v) is 23.3. The Bertz CT molecular complexity index is 3490. The number of nitrogens with two attached hydrogens (primary N) is 1. The molecular formula is C65H47N3. The largest absolute Gasteiger partial charge is 0.398 e. The first-order chi connectivity index (χ1) is 33.6. The van der Waals surface area contributed by atoms with E-state index in [0.29, 0.717) is 12.2 Å². The van der Waals surface area contributed by atoms with Gasteiger partial charge in [0.2, 0.25) is 0 Å². The SMILES string of the molecule is N/C(=C\C(=NCc1cccc(-c2cccc(-c3ccc4c(c3)C3(c5ccccc5-4)c4ccccc4N(c4ccccc4)c4ccccc43)c2)c1)c1ccc(-c2ccccc2)cc1)c1ccccc1. The molecule has 1 aliphatic carbocycles. The van der Waals surface area contributed by atoms with Gasteiger partial charge in [-0.05, 0) is 132 Å². The molecule has 0 radical (unpaired) electrons. The van der Waals surface area contributed by atoms with E-state index in [4.69, 9.17) is 10.7 Å². The third-order valence-corrected chi connectivity index (χ3v) is 13.7. The van der Waals surface area contributed by atoms with Gasteiger partial charge < -0.3 is 10.6 Å². The Morgan fingerprint density at radius 2 is 0.897 bits per heavy atom. The van der Waals surface area contributed by atoms with Crippen molar-refractivity contribution in [3.05, 3.63) is 300 Å². The van der Waals surface area contributed by atoms with Crippen molar-refractivity contribution in [1.82, 2.24) is 0 Å². The monoisotopic (exact) mass is 869 g/mol. The van der Waals surface area contributed by atoms with Gasteiger partial charge in [-0.15, -0.1) is 0 Å². The van der Waals surface area contributed by atoms with Crippen molar-refractivity contribution < 1.29 is 0 Å². The van der Waals surface area contributed by atoms with E-state index in [1.807, 2.05) is 42.5 Å². The molecule has 1 aliphatic heterocycles. The predicted molar refractivity (Wildman–Crippen MR) is 284 cm³/mol. The average Bonchev–Trinajstić information content (AvgIpc) is 3.70. The highest BCUT2D eigenvalue weighted by atomic mass is 15.2. The van der Waals surface area contributed by atoms with Gasteiger partial charge in [0.05, 0.1) is 29.0 Å². The molecule has 0 saturated carbocycles. The number of rotatable bonds is 9. The second kappa shape index (κ2) is 17.2. The van der Waals surface area contributed by atoms with E-state index in [1.54, 1.807) is 0 Å². The van der Waals surface area contributed by atoms with Crippen LogP contribution in [-0.4, -0.2) is 5.71 Å². The summed E-state index contributed by atoms with van der Waals surface area (Å²) in [7, 11) is 0. The van der Waals surface area contributed by atoms with Gasteiger partial charge in [-0.3, -0.25) is 4.99 Å². The van der Waals surface area contributed by atoms with E-state index >= 15 is 0 Å². The molecule has 3 heteroatoms. The number of benzene rings is 10. The van der Waals surface area contributed by atoms with Gasteiger partial charge in [0.25, 0.3) is 0 Å². The standard InChI is InChI=1S/C65H47N3/c66-61(48-21-6-2-7-22-48)43-62(49-36-34-47(35-37-49)46-19-4-1-5-20-46)67-44-45-18-16-23-50(40-45)51-24-17-25-52(41-51)53-38-39-56-55-28-10-11-29-57(55)65(60(56)42-53)58-30-12-14-32-63(58)68(54-26-8-3-9-27-54)64-33-15-13-31-59(64)65/h1-43H,44,66H2/b61-43-,67-62?. The fourth-order valence-electron chi connectivity index (χ4n) is 10.6. The van der Waals surface area contributed by atoms with Crippen molar-refractivity contribution in [1.29, 1.82) is 0 Å². The van der Waals surface area contributed by atoms with Gasteiger partial charge >= 0.3 is 0 Å². The second-order valence-corrected chi connectivity index (χ2v) is 17.7. The van der Waals surface area contributed by atoms with Gasteiger partial charge in [-0.1, -0.05) is 212 Å². The second-order valence-electron chi connectivity index (χ2n) is 17.7. The molecule has 0 amide bonds. The lowest BCUT2D eigenvalue weighted by Crippen LogP contribution is -2.36. The zero-order chi connectivity index (χ0) is 45.4. The molecule has 12 rings (SSSR count). The van der Waals surface area contributed by atoms with E-state index in [9.17, 15) is 0 Å². The summed E-state index contributed by atoms with van der Waals surface area (Å²) >= 11 is 0. The van der Waals surface area contributed by atoms with Crippen LogP contribution in [0.5, 0.6) is 0 Å². The Hall–Kier alpha value is -8.79. The maximum absolute atomic E-state index is 6.73. The van der Waals surface area contributed by atoms with Crippen LogP contribution >= 0.6 is 0 Å². The van der Waals surface area contributed by atoms with Gasteiger partial charge in [0.1, 0.15) is 0 Å². The van der Waals surface area contributed by atoms with Gasteiger partial charge in [-0.25, -0.2) is 0 Å². The van der Waals surface area contributed by atoms with Crippen LogP contribution in [0.25, 0.3) is 50.2 Å². The van der Waals surface area contributed by atoms with Gasteiger partial charge in [0.15, 0.2) is 0 Å². The minimum Gasteiger partial charge on any atom is -0.398 e. The minimum atomic E-state index is -0.517. The Morgan fingerprint density at radius 3 is 1.59 bits per heavy atom. The first-order valence-electron chi connectivity index (χ1n) is 23.3. The fourth-order valence-corrected chi connectivity index (χ4v) is 10.6. The third-order valence-electron chi connectivity index (χ3n) is 13.7. The number of allylic oxidation sites excluding steroid dienone is 1. The smallest absolute Gasteiger partial charge is 0.0754 e. The zero-order valence-corrected chi connectivity index (χ0v) is 37.5. The molecule has 10 aromatic rings. The highest BCUT2D eigenvalue weighted by molar-refractivity contribution is 6.12. The summed E-state index contributed by atoms with van der Waals surface area (Å²) in [6.45, 7) is 0.500. The molecule has 3 nitrogen and oxygen atoms in total. The number of anilines is 3. The van der Waals surface area contributed by atoms with Crippen molar-refractivity contribution in [3.8, 4) is 44.5 Å². The Labute approximate surface area is 398 Å². The number of nitrogens with zero attached hydrogens (tertiary/aromatic N) is 2. The molecule has 0 aromatic heterocycles. The van der Waals surface area contributed by atoms with E-state index in [1.165, 1.54) is 61.4 Å². The molecule has 0 bridgehead atoms. The van der Waals surface area contributed by atoms with E-state index in [-0.39, 0.29) is 0 Å². The van der Waals surface area contributed by atoms with Gasteiger partial charge in [-0.2, -0.15) is 0 Å². The molecule has 1 heterocycles. The van der Waals surface area contributed by atoms with Crippen LogP contribution in [0.15, 0.2) is 266 Å². The van der Waals surface area contributed by atoms with E-state index in [2.05, 4.69) is 223 Å². The molecule has 2 aliphatic rings. The summed E-state index contributed by atoms with van der Waals surface area (Å²) in [4.78, 5) is 7.67. The third kappa shape index (κ3) is 7.04. The zero-order valence-electron chi connectivity index (χ0n) is 37.5. The molecule has 0 atom stereocenters. The number of hydrogen-bond acceptors (Lipinski definition) is 3. The molecule has 1 spiro atoms. The fraction of sp³-hybridized carbons (Fsp3) is 0.0308. The maximum atomic E-state index is 6.73. The van der Waals surface area contributed by atoms with Crippen molar-refractivity contribution in [3.63, 3.8) is 0 Å². The highest BCUT2D eigenvalue weighted by Crippen LogP contribution is 2.63. The summed E-state index contributed by atoms with van der Waals surface area (Å²) in [6.07, 6.45) is 2.00. The Kier molecular flexibility index (Phi) is 10.3. The molecule has 10 aromatic carbocycles. The molecule has 2 N–H and O–H groups in total. The topological polar surface area (TPSA) is 41.6 Å². The van der Waals surface area contributed by atoms with E-state index < -0.39 is 5.41 Å². The van der Waals surface area contributed by atoms with Crippen molar-refractivity contribution >= 4 is 28.5 Å². The van der Waals surface area contributed by atoms with Crippen molar-refractivity contribution in [2.45, 2.75) is 12.0 Å². The molecule has 0 fully saturated rings. The van der Waals surface area contributed by atoms with Gasteiger partial charge in [0, 0.05) is 11.4 Å². The van der Waals surface area contributed by atoms with Crippen molar-refractivity contribution in [2.75, 3.05) is 4.90 Å². The van der Waals surface area contributed by atoms with Crippen molar-refractivity contribution in [2.24, 2.45) is 10.7 Å². The summed E-state index contributed by atoms with van der Waals surface area (Å²) in [5, 5.41) is 0. The number of fused-ring (bicyclic) bond motifs is 9. The van der Waals surface area contributed by atoms with E-state index in [0.717, 1.165) is 44.8 Å². The lowest BCUT2D eigenvalue weighted by atomic mass is 9.64. The summed E-state index contributed by atoms with van der Waals surface area (Å²) in [6, 6.07) is 91.8. The maximum Gasteiger partial charge on any atom is 0.0754 e. The lowest BCUT2D eigenvalue weighted by molar-refractivity contribution is 0.753. The quantitative estimate of drug-likeness (QED) is 0.147. The number of aliphatic imine (C=N–C) groups is 1. The molecule has 322 valence electrons. The Morgan fingerprint density at radius 1 is 0.397 bits per heavy atom. The Balaban J connectivity index is 0.914. The minimum absolute atomic E-state index is 0.500. The predicted octanol–water partition coefficient (Wildman–Crippen LogP) is 15.8. The molecule has 68 heavy (non-hydrogen) atoms. The first kappa shape index (κ1) is 40.7. The lowest BCUT2D eigenvalue weighted by Gasteiger charge is -2.45. The van der Waals surface area contributed by atoms with Crippen LogP contribution in [-0.2, 0) is 12.0 Å². The molecule has 0 saturated heterocycles. The average molecular weight is 870 g/mol. The molecule has 0 unspecified atom stereocenters. The highest BCUT2D eigenvalue weighted by Gasteiger charge is 2.51. The number of hydrogen-bond donors (Lipinski definition) is 1.